The molecule has 0 atom stereocenters. The lowest BCUT2D eigenvalue weighted by atomic mass is 9.94. The minimum Gasteiger partial charge on any atom is -0.383 e. The zero-order valence-corrected chi connectivity index (χ0v) is 15.2. The molecule has 0 radical (unpaired) electrons. The van der Waals surface area contributed by atoms with Crippen LogP contribution in [-0.4, -0.2) is 74.6 Å². The van der Waals surface area contributed by atoms with Crippen molar-refractivity contribution in [3.63, 3.8) is 0 Å². The van der Waals surface area contributed by atoms with E-state index in [0.717, 1.165) is 18.4 Å². The number of nitrogens with zero attached hydrogens (tertiary/aromatic N) is 2. The predicted molar refractivity (Wildman–Crippen MR) is 95.2 cm³/mol. The van der Waals surface area contributed by atoms with Crippen LogP contribution in [0, 0.1) is 5.82 Å². The average molecular weight is 363 g/mol. The first-order valence-electron chi connectivity index (χ1n) is 9.08. The van der Waals surface area contributed by atoms with Gasteiger partial charge in [0, 0.05) is 39.8 Å². The molecular weight excluding hydrogens is 337 g/mol. The molecule has 1 N–H and O–H groups in total. The molecule has 1 aromatic rings. The van der Waals surface area contributed by atoms with Crippen molar-refractivity contribution in [3.05, 3.63) is 35.6 Å². The fourth-order valence-corrected chi connectivity index (χ4v) is 3.48. The molecule has 26 heavy (non-hydrogen) atoms. The molecule has 1 aliphatic heterocycles. The topological polar surface area (TPSA) is 61.9 Å². The first-order chi connectivity index (χ1) is 12.5. The SMILES string of the molecule is COCCNC(=O)CN1CCN(C(=O)C2(c3ccc(F)cc3)CC2)CC1. The Morgan fingerprint density at radius 3 is 2.38 bits per heavy atom. The summed E-state index contributed by atoms with van der Waals surface area (Å²) >= 11 is 0. The van der Waals surface area contributed by atoms with Gasteiger partial charge in [0.05, 0.1) is 18.6 Å². The van der Waals surface area contributed by atoms with Crippen molar-refractivity contribution in [1.82, 2.24) is 15.1 Å². The van der Waals surface area contributed by atoms with Crippen molar-refractivity contribution >= 4 is 11.8 Å². The molecule has 2 fully saturated rings. The van der Waals surface area contributed by atoms with Gasteiger partial charge in [-0.05, 0) is 30.5 Å². The second-order valence-corrected chi connectivity index (χ2v) is 7.00. The van der Waals surface area contributed by atoms with Crippen LogP contribution in [0.25, 0.3) is 0 Å². The normalized spacial score (nSPS) is 19.2. The number of halogens is 1. The van der Waals surface area contributed by atoms with Gasteiger partial charge in [0.25, 0.3) is 0 Å². The predicted octanol–water partition coefficient (Wildman–Crippen LogP) is 0.764. The number of hydrogen-bond donors (Lipinski definition) is 1. The van der Waals surface area contributed by atoms with Gasteiger partial charge >= 0.3 is 0 Å². The molecule has 0 bridgehead atoms. The molecule has 3 rings (SSSR count). The summed E-state index contributed by atoms with van der Waals surface area (Å²) in [6.07, 6.45) is 1.64. The van der Waals surface area contributed by atoms with Crippen LogP contribution in [0.2, 0.25) is 0 Å². The third-order valence-electron chi connectivity index (χ3n) is 5.21. The van der Waals surface area contributed by atoms with E-state index in [9.17, 15) is 14.0 Å². The Morgan fingerprint density at radius 1 is 1.15 bits per heavy atom. The minimum absolute atomic E-state index is 0.0215. The smallest absolute Gasteiger partial charge is 0.234 e. The van der Waals surface area contributed by atoms with E-state index in [4.69, 9.17) is 4.74 Å². The molecule has 1 aliphatic carbocycles. The van der Waals surface area contributed by atoms with Crippen molar-refractivity contribution in [2.75, 3.05) is 53.0 Å². The second-order valence-electron chi connectivity index (χ2n) is 7.00. The van der Waals surface area contributed by atoms with E-state index in [1.807, 2.05) is 4.90 Å². The molecule has 2 aliphatic rings. The Bertz CT molecular complexity index is 638. The maximum atomic E-state index is 13.2. The van der Waals surface area contributed by atoms with Crippen molar-refractivity contribution in [2.45, 2.75) is 18.3 Å². The molecule has 6 nitrogen and oxygen atoms in total. The van der Waals surface area contributed by atoms with Crippen LogP contribution in [0.5, 0.6) is 0 Å². The third-order valence-corrected chi connectivity index (χ3v) is 5.21. The molecule has 7 heteroatoms. The number of nitrogens with one attached hydrogen (secondary N) is 1. The van der Waals surface area contributed by atoms with Gasteiger partial charge in [0.2, 0.25) is 11.8 Å². The van der Waals surface area contributed by atoms with Crippen molar-refractivity contribution in [3.8, 4) is 0 Å². The van der Waals surface area contributed by atoms with E-state index < -0.39 is 5.41 Å². The fourth-order valence-electron chi connectivity index (χ4n) is 3.48. The highest BCUT2D eigenvalue weighted by atomic mass is 19.1. The van der Waals surface area contributed by atoms with Crippen LogP contribution in [-0.2, 0) is 19.7 Å². The molecule has 1 aromatic carbocycles. The number of hydrogen-bond acceptors (Lipinski definition) is 4. The van der Waals surface area contributed by atoms with E-state index >= 15 is 0 Å². The van der Waals surface area contributed by atoms with E-state index in [1.165, 1.54) is 12.1 Å². The number of ether oxygens (including phenoxy) is 1. The number of piperazine rings is 1. The van der Waals surface area contributed by atoms with Crippen LogP contribution in [0.15, 0.2) is 24.3 Å². The Hall–Kier alpha value is -1.99. The average Bonchev–Trinajstić information content (AvgIpc) is 3.44. The van der Waals surface area contributed by atoms with Crippen LogP contribution < -0.4 is 5.32 Å². The lowest BCUT2D eigenvalue weighted by molar-refractivity contribution is -0.136. The Labute approximate surface area is 153 Å². The summed E-state index contributed by atoms with van der Waals surface area (Å²) in [6.45, 7) is 3.95. The maximum absolute atomic E-state index is 13.2. The molecule has 1 heterocycles. The molecule has 1 saturated heterocycles. The Morgan fingerprint density at radius 2 is 1.81 bits per heavy atom. The quantitative estimate of drug-likeness (QED) is 0.727. The summed E-state index contributed by atoms with van der Waals surface area (Å²) in [6, 6.07) is 6.29. The lowest BCUT2D eigenvalue weighted by Crippen LogP contribution is -2.53. The molecule has 0 unspecified atom stereocenters. The summed E-state index contributed by atoms with van der Waals surface area (Å²) < 4.78 is 18.1. The van der Waals surface area contributed by atoms with E-state index in [2.05, 4.69) is 10.2 Å². The summed E-state index contributed by atoms with van der Waals surface area (Å²) in [5.74, 6) is -0.172. The first-order valence-corrected chi connectivity index (χ1v) is 9.08. The van der Waals surface area contributed by atoms with E-state index in [-0.39, 0.29) is 17.6 Å². The van der Waals surface area contributed by atoms with Crippen molar-refractivity contribution in [1.29, 1.82) is 0 Å². The molecule has 142 valence electrons. The molecular formula is C19H26FN3O3. The number of carbonyl (C=O) groups excluding carboxylic acids is 2. The van der Waals surface area contributed by atoms with Crippen LogP contribution in [0.4, 0.5) is 4.39 Å². The molecule has 2 amide bonds. The van der Waals surface area contributed by atoms with Gasteiger partial charge in [-0.1, -0.05) is 12.1 Å². The highest BCUT2D eigenvalue weighted by molar-refractivity contribution is 5.91. The zero-order chi connectivity index (χ0) is 18.6. The number of methoxy groups -OCH3 is 1. The largest absolute Gasteiger partial charge is 0.383 e. The number of amides is 2. The second kappa shape index (κ2) is 8.14. The van der Waals surface area contributed by atoms with Crippen molar-refractivity contribution in [2.24, 2.45) is 0 Å². The Balaban J connectivity index is 1.49. The highest BCUT2D eigenvalue weighted by Gasteiger charge is 2.53. The van der Waals surface area contributed by atoms with E-state index in [0.29, 0.717) is 45.9 Å². The maximum Gasteiger partial charge on any atom is 0.234 e. The van der Waals surface area contributed by atoms with Crippen LogP contribution in [0.1, 0.15) is 18.4 Å². The van der Waals surface area contributed by atoms with Crippen LogP contribution >= 0.6 is 0 Å². The zero-order valence-electron chi connectivity index (χ0n) is 15.2. The Kier molecular flexibility index (Phi) is 5.88. The van der Waals surface area contributed by atoms with Crippen LogP contribution in [0.3, 0.4) is 0 Å². The monoisotopic (exact) mass is 363 g/mol. The first kappa shape index (κ1) is 18.8. The molecule has 0 spiro atoms. The summed E-state index contributed by atoms with van der Waals surface area (Å²) in [7, 11) is 1.60. The van der Waals surface area contributed by atoms with Gasteiger partial charge < -0.3 is 15.0 Å². The standard InChI is InChI=1S/C19H26FN3O3/c1-26-13-8-21-17(24)14-22-9-11-23(12-10-22)18(25)19(6-7-19)15-2-4-16(20)5-3-15/h2-5H,6-14H2,1H3,(H,21,24). The summed E-state index contributed by atoms with van der Waals surface area (Å²) in [5, 5.41) is 2.81. The summed E-state index contributed by atoms with van der Waals surface area (Å²) in [5.41, 5.74) is 0.441. The van der Waals surface area contributed by atoms with Gasteiger partial charge in [-0.3, -0.25) is 14.5 Å². The minimum atomic E-state index is -0.465. The number of rotatable bonds is 7. The van der Waals surface area contributed by atoms with Gasteiger partial charge in [-0.15, -0.1) is 0 Å². The summed E-state index contributed by atoms with van der Waals surface area (Å²) in [4.78, 5) is 28.8. The molecule has 0 aromatic heterocycles. The number of carbonyl (C=O) groups is 2. The lowest BCUT2D eigenvalue weighted by Gasteiger charge is -2.36. The van der Waals surface area contributed by atoms with Crippen molar-refractivity contribution < 1.29 is 18.7 Å². The van der Waals surface area contributed by atoms with Gasteiger partial charge in [0.15, 0.2) is 0 Å². The highest BCUT2D eigenvalue weighted by Crippen LogP contribution is 2.49. The van der Waals surface area contributed by atoms with Gasteiger partial charge in [-0.2, -0.15) is 0 Å². The van der Waals surface area contributed by atoms with E-state index in [1.54, 1.807) is 19.2 Å². The van der Waals surface area contributed by atoms with Gasteiger partial charge in [0.1, 0.15) is 5.82 Å². The number of benzene rings is 1. The van der Waals surface area contributed by atoms with Gasteiger partial charge in [-0.25, -0.2) is 4.39 Å². The third kappa shape index (κ3) is 4.22. The molecule has 1 saturated carbocycles. The fraction of sp³-hybridized carbons (Fsp3) is 0.579.